The average molecular weight is 378 g/mol. The molecule has 3 aromatic rings. The molecule has 0 spiro atoms. The van der Waals surface area contributed by atoms with Gasteiger partial charge in [0, 0.05) is 5.69 Å². The molecule has 0 aliphatic heterocycles. The minimum absolute atomic E-state index is 0.0161. The largest absolute Gasteiger partial charge is 0.507 e. The van der Waals surface area contributed by atoms with Gasteiger partial charge in [0.2, 0.25) is 11.5 Å². The Morgan fingerprint density at radius 1 is 1.35 bits per heavy atom. The quantitative estimate of drug-likeness (QED) is 0.250. The number of nitrogens with zero attached hydrogens (tertiary/aromatic N) is 3. The molecule has 2 aromatic heterocycles. The Balaban J connectivity index is 1.77. The number of phenols is 1. The zero-order valence-electron chi connectivity index (χ0n) is 12.8. The number of H-pyrrole nitrogens is 1. The van der Waals surface area contributed by atoms with Crippen molar-refractivity contribution in [2.24, 2.45) is 0 Å². The van der Waals surface area contributed by atoms with Crippen LogP contribution in [0.4, 0.5) is 16.0 Å². The summed E-state index contributed by atoms with van der Waals surface area (Å²) in [7, 11) is 0. The summed E-state index contributed by atoms with van der Waals surface area (Å²) in [5.41, 5.74) is 3.61. The number of rotatable bonds is 5. The van der Waals surface area contributed by atoms with Gasteiger partial charge in [-0.2, -0.15) is 4.98 Å². The third-order valence-corrected chi connectivity index (χ3v) is 4.13. The van der Waals surface area contributed by atoms with Crippen LogP contribution >= 0.6 is 11.8 Å². The number of benzene rings is 1. The van der Waals surface area contributed by atoms with E-state index in [4.69, 9.17) is 10.8 Å². The van der Waals surface area contributed by atoms with Gasteiger partial charge < -0.3 is 26.2 Å². The molecule has 0 aliphatic carbocycles. The van der Waals surface area contributed by atoms with Crippen LogP contribution in [0.25, 0.3) is 11.2 Å². The van der Waals surface area contributed by atoms with E-state index in [1.54, 1.807) is 0 Å². The van der Waals surface area contributed by atoms with Crippen LogP contribution in [0.15, 0.2) is 29.6 Å². The number of nitrogens with two attached hydrogens (primary N) is 1. The number of aromatic nitrogens is 4. The Morgan fingerprint density at radius 2 is 2.12 bits per heavy atom. The number of carboxylic acid groups (broad SMARTS) is 1. The van der Waals surface area contributed by atoms with E-state index < -0.39 is 28.7 Å². The lowest BCUT2D eigenvalue weighted by molar-refractivity contribution is -0.118. The van der Waals surface area contributed by atoms with Gasteiger partial charge in [0.05, 0.1) is 6.33 Å². The number of anilines is 2. The molecule has 1 unspecified atom stereocenters. The van der Waals surface area contributed by atoms with Crippen molar-refractivity contribution in [1.82, 2.24) is 19.9 Å². The molecule has 1 atom stereocenters. The molecular weight excluding hydrogens is 367 g/mol. The van der Waals surface area contributed by atoms with Gasteiger partial charge in [-0.25, -0.2) is 19.2 Å². The van der Waals surface area contributed by atoms with Crippen molar-refractivity contribution in [2.45, 2.75) is 10.5 Å². The molecule has 0 fully saturated rings. The number of hydrogen-bond acceptors (Lipinski definition) is 8. The molecule has 0 saturated heterocycles. The van der Waals surface area contributed by atoms with E-state index >= 15 is 0 Å². The van der Waals surface area contributed by atoms with Gasteiger partial charge in [-0.1, -0.05) is 11.8 Å². The van der Waals surface area contributed by atoms with E-state index in [1.807, 2.05) is 0 Å². The summed E-state index contributed by atoms with van der Waals surface area (Å²) in [6, 6.07) is 3.34. The molecule has 10 nitrogen and oxygen atoms in total. The zero-order chi connectivity index (χ0) is 18.8. The van der Waals surface area contributed by atoms with Gasteiger partial charge in [0.15, 0.2) is 5.65 Å². The fraction of sp³-hybridized carbons (Fsp3) is 0.0714. The number of aromatic amines is 1. The van der Waals surface area contributed by atoms with E-state index in [9.17, 15) is 19.1 Å². The van der Waals surface area contributed by atoms with Crippen LogP contribution in [0.2, 0.25) is 0 Å². The maximum Gasteiger partial charge on any atom is 0.339 e. The van der Waals surface area contributed by atoms with Gasteiger partial charge in [-0.3, -0.25) is 4.79 Å². The maximum atomic E-state index is 14.3. The Bertz CT molecular complexity index is 1010. The molecule has 2 heterocycles. The number of aromatic hydroxyl groups is 1. The second kappa shape index (κ2) is 6.84. The van der Waals surface area contributed by atoms with Crippen molar-refractivity contribution >= 4 is 46.4 Å². The Morgan fingerprint density at radius 3 is 2.85 bits per heavy atom. The topological polar surface area (TPSA) is 167 Å². The molecule has 0 saturated carbocycles. The number of nitrogens with one attached hydrogen (secondary N) is 2. The van der Waals surface area contributed by atoms with Crippen molar-refractivity contribution < 1.29 is 24.2 Å². The fourth-order valence-electron chi connectivity index (χ4n) is 2.04. The lowest BCUT2D eigenvalue weighted by Gasteiger charge is -2.10. The van der Waals surface area contributed by atoms with Crippen molar-refractivity contribution in [3.63, 3.8) is 0 Å². The van der Waals surface area contributed by atoms with Gasteiger partial charge in [-0.05, 0) is 18.2 Å². The number of fused-ring (bicyclic) bond motifs is 1. The lowest BCUT2D eigenvalue weighted by atomic mass is 10.2. The molecule has 12 heteroatoms. The number of aromatic carboxylic acids is 1. The first kappa shape index (κ1) is 17.4. The fourth-order valence-corrected chi connectivity index (χ4v) is 2.82. The van der Waals surface area contributed by atoms with Gasteiger partial charge in [0.25, 0.3) is 5.91 Å². The highest BCUT2D eigenvalue weighted by Gasteiger charge is 2.23. The molecule has 6 N–H and O–H groups in total. The number of nitrogen functional groups attached to an aromatic ring is 1. The van der Waals surface area contributed by atoms with Crippen LogP contribution in [-0.2, 0) is 4.79 Å². The molecule has 26 heavy (non-hydrogen) atoms. The minimum Gasteiger partial charge on any atom is -0.507 e. The summed E-state index contributed by atoms with van der Waals surface area (Å²) in [4.78, 5) is 37.4. The van der Waals surface area contributed by atoms with Gasteiger partial charge in [0.1, 0.15) is 21.9 Å². The number of halogens is 1. The normalized spacial score (nSPS) is 12.0. The van der Waals surface area contributed by atoms with Gasteiger partial charge >= 0.3 is 5.97 Å². The summed E-state index contributed by atoms with van der Waals surface area (Å²) in [5.74, 6) is -3.02. The van der Waals surface area contributed by atoms with Crippen LogP contribution in [0, 0.1) is 0 Å². The number of carbonyl (C=O) groups is 2. The maximum absolute atomic E-state index is 14.3. The predicted molar refractivity (Wildman–Crippen MR) is 90.5 cm³/mol. The zero-order valence-corrected chi connectivity index (χ0v) is 13.6. The molecule has 1 amide bonds. The Kier molecular flexibility index (Phi) is 4.58. The van der Waals surface area contributed by atoms with E-state index in [0.29, 0.717) is 17.3 Å². The Labute approximate surface area is 148 Å². The van der Waals surface area contributed by atoms with E-state index in [1.165, 1.54) is 12.4 Å². The second-order valence-electron chi connectivity index (χ2n) is 4.95. The first-order valence-electron chi connectivity index (χ1n) is 6.99. The summed E-state index contributed by atoms with van der Waals surface area (Å²) in [6.07, 6.45) is 1.33. The van der Waals surface area contributed by atoms with Crippen LogP contribution in [0.1, 0.15) is 10.4 Å². The third-order valence-electron chi connectivity index (χ3n) is 3.19. The number of hydrogen-bond donors (Lipinski definition) is 5. The van der Waals surface area contributed by atoms with E-state index in [-0.39, 0.29) is 22.3 Å². The number of imidazole rings is 1. The summed E-state index contributed by atoms with van der Waals surface area (Å²) in [6.45, 7) is 0. The van der Waals surface area contributed by atoms with Crippen molar-refractivity contribution in [3.05, 3.63) is 30.1 Å². The SMILES string of the molecule is Nc1nc(SC(F)C(=O)Nc2ccc(O)c(C(=O)O)c2)c2[nH]cnc2n1. The lowest BCUT2D eigenvalue weighted by Crippen LogP contribution is -2.21. The van der Waals surface area contributed by atoms with E-state index in [0.717, 1.165) is 12.1 Å². The number of thioether (sulfide) groups is 1. The molecule has 134 valence electrons. The van der Waals surface area contributed by atoms with Crippen LogP contribution in [0.3, 0.4) is 0 Å². The van der Waals surface area contributed by atoms with Crippen LogP contribution in [0.5, 0.6) is 5.75 Å². The standard InChI is InChI=1S/C14H11FN6O4S/c15-9(26-12-8-10(18-4-17-8)20-14(16)21-12)11(23)19-5-1-2-7(22)6(3-5)13(24)25/h1-4,9,22H,(H,19,23)(H,24,25)(H3,16,17,18,20,21). The molecule has 0 radical (unpaired) electrons. The predicted octanol–water partition coefficient (Wildman–Crippen LogP) is 1.37. The summed E-state index contributed by atoms with van der Waals surface area (Å²) >= 11 is 0.486. The number of amides is 1. The number of alkyl halides is 1. The molecule has 3 rings (SSSR count). The second-order valence-corrected chi connectivity index (χ2v) is 5.98. The van der Waals surface area contributed by atoms with Crippen molar-refractivity contribution in [1.29, 1.82) is 0 Å². The molecular formula is C14H11FN6O4S. The monoisotopic (exact) mass is 378 g/mol. The molecule has 0 aliphatic rings. The van der Waals surface area contributed by atoms with Gasteiger partial charge in [-0.15, -0.1) is 0 Å². The first-order valence-corrected chi connectivity index (χ1v) is 7.87. The van der Waals surface area contributed by atoms with Crippen molar-refractivity contribution in [3.8, 4) is 5.75 Å². The minimum atomic E-state index is -2.07. The number of carbonyl (C=O) groups excluding carboxylic acids is 1. The molecule has 1 aromatic carbocycles. The Hall–Kier alpha value is -3.41. The van der Waals surface area contributed by atoms with E-state index in [2.05, 4.69) is 25.3 Å². The smallest absolute Gasteiger partial charge is 0.339 e. The van der Waals surface area contributed by atoms with Crippen molar-refractivity contribution in [2.75, 3.05) is 11.1 Å². The van der Waals surface area contributed by atoms with Crippen LogP contribution in [-0.4, -0.2) is 47.5 Å². The average Bonchev–Trinajstić information content (AvgIpc) is 3.04. The number of carboxylic acids is 1. The van der Waals surface area contributed by atoms with Crippen LogP contribution < -0.4 is 11.1 Å². The summed E-state index contributed by atoms with van der Waals surface area (Å²) < 4.78 is 14.3. The first-order chi connectivity index (χ1) is 12.3. The summed E-state index contributed by atoms with van der Waals surface area (Å²) in [5, 5.41) is 20.7. The highest BCUT2D eigenvalue weighted by molar-refractivity contribution is 8.00. The highest BCUT2D eigenvalue weighted by atomic mass is 32.2. The molecule has 0 bridgehead atoms. The third kappa shape index (κ3) is 3.49. The highest BCUT2D eigenvalue weighted by Crippen LogP contribution is 2.29.